The second-order valence-corrected chi connectivity index (χ2v) is 2.47. The fourth-order valence-electron chi connectivity index (χ4n) is 0.880. The van der Waals surface area contributed by atoms with Crippen LogP contribution in [0.25, 0.3) is 0 Å². The maximum atomic E-state index is 12.8. The van der Waals surface area contributed by atoms with E-state index in [9.17, 15) is 9.18 Å². The highest BCUT2D eigenvalue weighted by molar-refractivity contribution is 5.24. The second kappa shape index (κ2) is 3.34. The molecule has 0 saturated carbocycles. The summed E-state index contributed by atoms with van der Waals surface area (Å²) in [7, 11) is 0. The number of aromatic hydroxyl groups is 1. The molecule has 0 unspecified atom stereocenters. The van der Waals surface area contributed by atoms with Crippen molar-refractivity contribution in [3.63, 3.8) is 0 Å². The minimum atomic E-state index is -0.949. The molecule has 0 aliphatic rings. The summed E-state index contributed by atoms with van der Waals surface area (Å²) >= 11 is 0. The Morgan fingerprint density at radius 3 is 2.75 bits per heavy atom. The van der Waals surface area contributed by atoms with E-state index in [2.05, 4.69) is 0 Å². The van der Waals surface area contributed by atoms with Gasteiger partial charge in [0.05, 0.1) is 0 Å². The van der Waals surface area contributed by atoms with Gasteiger partial charge in [0, 0.05) is 0 Å². The third-order valence-corrected chi connectivity index (χ3v) is 1.63. The fourth-order valence-corrected chi connectivity index (χ4v) is 0.880. The molecule has 0 saturated heterocycles. The molecule has 2 nitrogen and oxygen atoms in total. The first-order valence-corrected chi connectivity index (χ1v) is 3.67. The zero-order valence-electron chi connectivity index (χ0n) is 6.67. The van der Waals surface area contributed by atoms with Crippen LogP contribution in [0, 0.1) is 5.82 Å². The SMILES string of the molecule is CCc1ccc(O)c(=O)c(F)c1. The van der Waals surface area contributed by atoms with Gasteiger partial charge < -0.3 is 5.11 Å². The van der Waals surface area contributed by atoms with Crippen molar-refractivity contribution < 1.29 is 9.50 Å². The minimum Gasteiger partial charge on any atom is -0.504 e. The van der Waals surface area contributed by atoms with E-state index in [0.29, 0.717) is 12.0 Å². The van der Waals surface area contributed by atoms with Crippen molar-refractivity contribution in [2.45, 2.75) is 13.3 Å². The van der Waals surface area contributed by atoms with E-state index in [-0.39, 0.29) is 0 Å². The van der Waals surface area contributed by atoms with E-state index in [4.69, 9.17) is 5.11 Å². The zero-order valence-corrected chi connectivity index (χ0v) is 6.67. The molecule has 0 amide bonds. The Morgan fingerprint density at radius 1 is 1.50 bits per heavy atom. The molecule has 1 aromatic rings. The van der Waals surface area contributed by atoms with Gasteiger partial charge in [-0.15, -0.1) is 0 Å². The van der Waals surface area contributed by atoms with Crippen molar-refractivity contribution in [2.75, 3.05) is 0 Å². The molecule has 1 aromatic carbocycles. The standard InChI is InChI=1S/C9H9FO2/c1-2-6-3-4-8(11)9(12)7(10)5-6/h3-5H,2H2,1H3,(H,11,12). The van der Waals surface area contributed by atoms with Gasteiger partial charge in [0.1, 0.15) is 0 Å². The molecular formula is C9H9FO2. The number of halogens is 1. The Kier molecular flexibility index (Phi) is 2.43. The van der Waals surface area contributed by atoms with Gasteiger partial charge in [0.2, 0.25) is 0 Å². The summed E-state index contributed by atoms with van der Waals surface area (Å²) in [5, 5.41) is 8.93. The lowest BCUT2D eigenvalue weighted by molar-refractivity contribution is 0.464. The van der Waals surface area contributed by atoms with Gasteiger partial charge in [0.15, 0.2) is 11.6 Å². The van der Waals surface area contributed by atoms with Crippen LogP contribution in [0.1, 0.15) is 12.5 Å². The predicted octanol–water partition coefficient (Wildman–Crippen LogP) is 1.45. The van der Waals surface area contributed by atoms with Crippen LogP contribution in [0.4, 0.5) is 4.39 Å². The Morgan fingerprint density at radius 2 is 2.17 bits per heavy atom. The number of aryl methyl sites for hydroxylation is 1. The molecule has 12 heavy (non-hydrogen) atoms. The van der Waals surface area contributed by atoms with E-state index < -0.39 is 17.0 Å². The van der Waals surface area contributed by atoms with E-state index in [0.717, 1.165) is 6.07 Å². The first-order chi connectivity index (χ1) is 5.65. The molecule has 0 aliphatic heterocycles. The van der Waals surface area contributed by atoms with Crippen LogP contribution >= 0.6 is 0 Å². The second-order valence-electron chi connectivity index (χ2n) is 2.47. The van der Waals surface area contributed by atoms with Crippen molar-refractivity contribution in [1.82, 2.24) is 0 Å². The Hall–Kier alpha value is -1.38. The van der Waals surface area contributed by atoms with Crippen LogP contribution in [0.15, 0.2) is 23.0 Å². The van der Waals surface area contributed by atoms with Crippen molar-refractivity contribution >= 4 is 0 Å². The van der Waals surface area contributed by atoms with Crippen LogP contribution in [0.2, 0.25) is 0 Å². The maximum absolute atomic E-state index is 12.8. The lowest BCUT2D eigenvalue weighted by Crippen LogP contribution is -2.00. The summed E-state index contributed by atoms with van der Waals surface area (Å²) in [6, 6.07) is 3.88. The number of hydrogen-bond acceptors (Lipinski definition) is 2. The van der Waals surface area contributed by atoms with Gasteiger partial charge in [0.25, 0.3) is 5.43 Å². The lowest BCUT2D eigenvalue weighted by Gasteiger charge is -1.85. The molecule has 0 bridgehead atoms. The summed E-state index contributed by atoms with van der Waals surface area (Å²) in [5.41, 5.74) is -0.264. The highest BCUT2D eigenvalue weighted by Crippen LogP contribution is 2.05. The summed E-state index contributed by atoms with van der Waals surface area (Å²) in [4.78, 5) is 10.8. The Balaban J connectivity index is 3.44. The summed E-state index contributed by atoms with van der Waals surface area (Å²) in [6.45, 7) is 1.84. The molecule has 0 spiro atoms. The minimum absolute atomic E-state index is 0.549. The van der Waals surface area contributed by atoms with Crippen molar-refractivity contribution in [2.24, 2.45) is 0 Å². The van der Waals surface area contributed by atoms with Crippen LogP contribution in [-0.4, -0.2) is 5.11 Å². The van der Waals surface area contributed by atoms with Crippen molar-refractivity contribution in [3.8, 4) is 5.75 Å². The van der Waals surface area contributed by atoms with Gasteiger partial charge in [-0.2, -0.15) is 0 Å². The molecule has 3 heteroatoms. The monoisotopic (exact) mass is 168 g/mol. The summed E-state index contributed by atoms with van der Waals surface area (Å²) in [5.74, 6) is -1.46. The van der Waals surface area contributed by atoms with Crippen molar-refractivity contribution in [1.29, 1.82) is 0 Å². The predicted molar refractivity (Wildman–Crippen MR) is 43.7 cm³/mol. The number of rotatable bonds is 1. The third-order valence-electron chi connectivity index (χ3n) is 1.63. The van der Waals surface area contributed by atoms with E-state index in [1.807, 2.05) is 6.92 Å². The van der Waals surface area contributed by atoms with Crippen LogP contribution in [0.3, 0.4) is 0 Å². The smallest absolute Gasteiger partial charge is 0.255 e. The molecule has 0 aliphatic carbocycles. The molecule has 64 valence electrons. The molecular weight excluding hydrogens is 159 g/mol. The van der Waals surface area contributed by atoms with Gasteiger partial charge in [-0.05, 0) is 24.1 Å². The van der Waals surface area contributed by atoms with Crippen molar-refractivity contribution in [3.05, 3.63) is 39.8 Å². The maximum Gasteiger partial charge on any atom is 0.255 e. The first kappa shape index (κ1) is 8.71. The average Bonchev–Trinajstić information content (AvgIpc) is 2.19. The quantitative estimate of drug-likeness (QED) is 0.689. The summed E-state index contributed by atoms with van der Waals surface area (Å²) in [6.07, 6.45) is 0.629. The van der Waals surface area contributed by atoms with Crippen LogP contribution < -0.4 is 5.43 Å². The van der Waals surface area contributed by atoms with E-state index >= 15 is 0 Å². The van der Waals surface area contributed by atoms with E-state index in [1.165, 1.54) is 12.1 Å². The molecule has 0 fully saturated rings. The molecule has 0 radical (unpaired) electrons. The lowest BCUT2D eigenvalue weighted by atomic mass is 10.2. The highest BCUT2D eigenvalue weighted by Gasteiger charge is 2.01. The number of hydrogen-bond donors (Lipinski definition) is 1. The Labute approximate surface area is 69.3 Å². The highest BCUT2D eigenvalue weighted by atomic mass is 19.1. The van der Waals surface area contributed by atoms with Gasteiger partial charge in [-0.3, -0.25) is 4.79 Å². The average molecular weight is 168 g/mol. The normalized spacial score (nSPS) is 9.83. The largest absolute Gasteiger partial charge is 0.504 e. The summed E-state index contributed by atoms with van der Waals surface area (Å²) < 4.78 is 12.8. The third kappa shape index (κ3) is 1.61. The van der Waals surface area contributed by atoms with E-state index in [1.54, 1.807) is 0 Å². The fraction of sp³-hybridized carbons (Fsp3) is 0.222. The topological polar surface area (TPSA) is 37.3 Å². The van der Waals surface area contributed by atoms with Crippen LogP contribution in [-0.2, 0) is 6.42 Å². The molecule has 0 aromatic heterocycles. The van der Waals surface area contributed by atoms with Gasteiger partial charge >= 0.3 is 0 Å². The first-order valence-electron chi connectivity index (χ1n) is 3.67. The van der Waals surface area contributed by atoms with Gasteiger partial charge in [-0.1, -0.05) is 13.0 Å². The molecule has 1 N–H and O–H groups in total. The zero-order chi connectivity index (χ0) is 9.14. The molecule has 0 atom stereocenters. The van der Waals surface area contributed by atoms with Gasteiger partial charge in [-0.25, -0.2) is 4.39 Å². The molecule has 1 rings (SSSR count). The van der Waals surface area contributed by atoms with Crippen LogP contribution in [0.5, 0.6) is 5.75 Å². The Bertz CT molecular complexity index is 347. The molecule has 0 heterocycles.